The number of hydrogen-bond acceptors (Lipinski definition) is 3. The summed E-state index contributed by atoms with van der Waals surface area (Å²) in [6.45, 7) is 0.334. The monoisotopic (exact) mass is 275 g/mol. The van der Waals surface area contributed by atoms with Gasteiger partial charge in [-0.1, -0.05) is 29.8 Å². The number of rotatable bonds is 3. The van der Waals surface area contributed by atoms with E-state index in [1.807, 2.05) is 0 Å². The maximum absolute atomic E-state index is 13.1. The summed E-state index contributed by atoms with van der Waals surface area (Å²) in [5.74, 6) is -0.430. The lowest BCUT2D eigenvalue weighted by atomic mass is 10.2. The normalized spacial score (nSPS) is 21.9. The summed E-state index contributed by atoms with van der Waals surface area (Å²) in [7, 11) is -3.07. The van der Waals surface area contributed by atoms with Gasteiger partial charge < -0.3 is 5.32 Å². The van der Waals surface area contributed by atoms with E-state index in [0.29, 0.717) is 12.1 Å². The van der Waals surface area contributed by atoms with E-state index in [2.05, 4.69) is 5.32 Å². The molecule has 1 heterocycles. The van der Waals surface area contributed by atoms with Gasteiger partial charge in [-0.25, -0.2) is 12.8 Å². The van der Waals surface area contributed by atoms with Crippen LogP contribution in [0.25, 0.3) is 0 Å². The molecule has 1 aliphatic heterocycles. The Kier molecular flexibility index (Phi) is 3.51. The lowest BCUT2D eigenvalue weighted by molar-refractivity contribution is 0.587. The Morgan fingerprint density at radius 2 is 2.24 bits per heavy atom. The number of sulfone groups is 1. The Balaban J connectivity index is 2.00. The van der Waals surface area contributed by atoms with E-state index in [1.165, 1.54) is 11.5 Å². The third kappa shape index (κ3) is 3.06. The fourth-order valence-corrected chi connectivity index (χ4v) is 3.09. The van der Waals surface area contributed by atoms with E-state index in [-0.39, 0.29) is 16.8 Å². The van der Waals surface area contributed by atoms with Gasteiger partial charge in [0.05, 0.1) is 10.8 Å². The van der Waals surface area contributed by atoms with Crippen molar-refractivity contribution in [2.45, 2.75) is 12.6 Å². The Morgan fingerprint density at radius 1 is 1.47 bits per heavy atom. The molecule has 0 bridgehead atoms. The molecule has 1 aromatic carbocycles. The second-order valence-electron chi connectivity index (χ2n) is 3.86. The van der Waals surface area contributed by atoms with Crippen molar-refractivity contribution in [3.05, 3.63) is 46.1 Å². The van der Waals surface area contributed by atoms with Crippen molar-refractivity contribution in [1.82, 2.24) is 5.32 Å². The highest BCUT2D eigenvalue weighted by Gasteiger charge is 2.21. The van der Waals surface area contributed by atoms with E-state index in [0.717, 1.165) is 0 Å². The molecule has 0 aliphatic carbocycles. The van der Waals surface area contributed by atoms with E-state index >= 15 is 0 Å². The Morgan fingerprint density at radius 3 is 2.88 bits per heavy atom. The summed E-state index contributed by atoms with van der Waals surface area (Å²) < 4.78 is 35.5. The summed E-state index contributed by atoms with van der Waals surface area (Å²) in [5.41, 5.74) is 0.615. The first kappa shape index (κ1) is 12.5. The summed E-state index contributed by atoms with van der Waals surface area (Å²) in [6.07, 6.45) is 1.59. The molecule has 3 nitrogen and oxygen atoms in total. The van der Waals surface area contributed by atoms with Gasteiger partial charge in [-0.2, -0.15) is 0 Å². The van der Waals surface area contributed by atoms with Crippen molar-refractivity contribution in [3.63, 3.8) is 0 Å². The molecule has 1 aliphatic rings. The molecule has 1 unspecified atom stereocenters. The highest BCUT2D eigenvalue weighted by Crippen LogP contribution is 2.19. The maximum atomic E-state index is 13.1. The third-order valence-electron chi connectivity index (χ3n) is 2.52. The topological polar surface area (TPSA) is 46.2 Å². The number of halogens is 2. The zero-order chi connectivity index (χ0) is 12.5. The van der Waals surface area contributed by atoms with Crippen LogP contribution in [-0.4, -0.2) is 20.2 Å². The molecule has 0 saturated carbocycles. The fraction of sp³-hybridized carbons (Fsp3) is 0.273. The first-order valence-electron chi connectivity index (χ1n) is 5.05. The molecule has 0 fully saturated rings. The van der Waals surface area contributed by atoms with Crippen molar-refractivity contribution >= 4 is 21.4 Å². The SMILES string of the molecule is O=S1(=O)C=CC(NCc2cccc(F)c2Cl)C1. The van der Waals surface area contributed by atoms with Gasteiger partial charge in [0.25, 0.3) is 0 Å². The second kappa shape index (κ2) is 4.76. The second-order valence-corrected chi connectivity index (χ2v) is 6.17. The molecule has 17 heavy (non-hydrogen) atoms. The van der Waals surface area contributed by atoms with Gasteiger partial charge >= 0.3 is 0 Å². The number of hydrogen-bond donors (Lipinski definition) is 1. The minimum atomic E-state index is -3.07. The summed E-state index contributed by atoms with van der Waals surface area (Å²) in [5, 5.41) is 4.27. The van der Waals surface area contributed by atoms with Crippen molar-refractivity contribution in [2.75, 3.05) is 5.75 Å². The van der Waals surface area contributed by atoms with Crippen LogP contribution in [0.3, 0.4) is 0 Å². The minimum Gasteiger partial charge on any atom is -0.305 e. The molecule has 6 heteroatoms. The predicted octanol–water partition coefficient (Wildman–Crippen LogP) is 1.88. The average molecular weight is 276 g/mol. The summed E-state index contributed by atoms with van der Waals surface area (Å²) in [4.78, 5) is 0. The van der Waals surface area contributed by atoms with Gasteiger partial charge in [0.1, 0.15) is 5.82 Å². The van der Waals surface area contributed by atoms with E-state index in [9.17, 15) is 12.8 Å². The first-order chi connectivity index (χ1) is 7.98. The number of benzene rings is 1. The van der Waals surface area contributed by atoms with Gasteiger partial charge in [0.15, 0.2) is 9.84 Å². The molecular formula is C11H11ClFNO2S. The molecular weight excluding hydrogens is 265 g/mol. The zero-order valence-corrected chi connectivity index (χ0v) is 10.4. The first-order valence-corrected chi connectivity index (χ1v) is 7.14. The number of nitrogens with one attached hydrogen (secondary N) is 1. The van der Waals surface area contributed by atoms with Crippen LogP contribution < -0.4 is 5.32 Å². The van der Waals surface area contributed by atoms with Crippen LogP contribution in [0.1, 0.15) is 5.56 Å². The maximum Gasteiger partial charge on any atom is 0.173 e. The predicted molar refractivity (Wildman–Crippen MR) is 65.0 cm³/mol. The molecule has 1 N–H and O–H groups in total. The van der Waals surface area contributed by atoms with Crippen molar-refractivity contribution in [3.8, 4) is 0 Å². The van der Waals surface area contributed by atoms with Crippen LogP contribution in [-0.2, 0) is 16.4 Å². The molecule has 1 aromatic rings. The minimum absolute atomic E-state index is 0.0416. The van der Waals surface area contributed by atoms with Crippen molar-refractivity contribution in [2.24, 2.45) is 0 Å². The van der Waals surface area contributed by atoms with Crippen LogP contribution in [0, 0.1) is 5.82 Å². The van der Waals surface area contributed by atoms with Crippen LogP contribution in [0.2, 0.25) is 5.02 Å². The van der Waals surface area contributed by atoms with Crippen LogP contribution >= 0.6 is 11.6 Å². The van der Waals surface area contributed by atoms with Gasteiger partial charge in [0.2, 0.25) is 0 Å². The van der Waals surface area contributed by atoms with E-state index in [1.54, 1.807) is 18.2 Å². The van der Waals surface area contributed by atoms with Crippen LogP contribution in [0.15, 0.2) is 29.7 Å². The smallest absolute Gasteiger partial charge is 0.173 e. The molecule has 0 radical (unpaired) electrons. The summed E-state index contributed by atoms with van der Waals surface area (Å²) >= 11 is 5.78. The van der Waals surface area contributed by atoms with Gasteiger partial charge in [-0.05, 0) is 11.6 Å². The standard InChI is InChI=1S/C11H11ClFNO2S/c12-11-8(2-1-3-10(11)13)6-14-9-4-5-17(15,16)7-9/h1-5,9,14H,6-7H2. The molecule has 0 aromatic heterocycles. The van der Waals surface area contributed by atoms with Crippen molar-refractivity contribution in [1.29, 1.82) is 0 Å². The van der Waals surface area contributed by atoms with E-state index < -0.39 is 15.7 Å². The van der Waals surface area contributed by atoms with Crippen molar-refractivity contribution < 1.29 is 12.8 Å². The van der Waals surface area contributed by atoms with Crippen LogP contribution in [0.5, 0.6) is 0 Å². The lowest BCUT2D eigenvalue weighted by Crippen LogP contribution is -2.29. The Bertz CT molecular complexity index is 557. The summed E-state index contributed by atoms with van der Waals surface area (Å²) in [6, 6.07) is 4.32. The molecule has 0 amide bonds. The highest BCUT2D eigenvalue weighted by atomic mass is 35.5. The highest BCUT2D eigenvalue weighted by molar-refractivity contribution is 7.94. The van der Waals surface area contributed by atoms with Crippen LogP contribution in [0.4, 0.5) is 4.39 Å². The molecule has 0 spiro atoms. The quantitative estimate of drug-likeness (QED) is 0.916. The lowest BCUT2D eigenvalue weighted by Gasteiger charge is -2.11. The molecule has 2 rings (SSSR count). The average Bonchev–Trinajstić information content (AvgIpc) is 2.61. The Labute approximate surface area is 104 Å². The zero-order valence-electron chi connectivity index (χ0n) is 8.86. The van der Waals surface area contributed by atoms with Gasteiger partial charge in [0, 0.05) is 18.0 Å². The Hall–Kier alpha value is -0.910. The third-order valence-corrected chi connectivity index (χ3v) is 4.34. The van der Waals surface area contributed by atoms with Gasteiger partial charge in [-0.15, -0.1) is 0 Å². The molecule has 92 valence electrons. The van der Waals surface area contributed by atoms with Gasteiger partial charge in [-0.3, -0.25) is 0 Å². The molecule has 1 atom stereocenters. The fourth-order valence-electron chi connectivity index (χ4n) is 1.63. The molecule has 0 saturated heterocycles. The van der Waals surface area contributed by atoms with E-state index in [4.69, 9.17) is 11.6 Å². The largest absolute Gasteiger partial charge is 0.305 e.